The second kappa shape index (κ2) is 17.1. The zero-order valence-electron chi connectivity index (χ0n) is 27.4. The van der Waals surface area contributed by atoms with Crippen molar-refractivity contribution in [2.45, 2.75) is 86.5 Å². The molecule has 0 fully saturated rings. The summed E-state index contributed by atoms with van der Waals surface area (Å²) < 4.78 is 5.25. The Hall–Kier alpha value is -3.12. The predicted molar refractivity (Wildman–Crippen MR) is 179 cm³/mol. The maximum absolute atomic E-state index is 5.25. The van der Waals surface area contributed by atoms with Crippen LogP contribution in [0.4, 0.5) is 0 Å². The van der Waals surface area contributed by atoms with E-state index in [1.165, 1.54) is 18.6 Å². The molecule has 0 saturated carbocycles. The molecule has 0 bridgehead atoms. The van der Waals surface area contributed by atoms with Gasteiger partial charge in [0.2, 0.25) is 5.88 Å². The molecular weight excluding hydrogens is 518 g/mol. The largest absolute Gasteiger partial charge is 0.481 e. The third-order valence-corrected chi connectivity index (χ3v) is 8.60. The molecule has 0 N–H and O–H groups in total. The first kappa shape index (κ1) is 33.4. The fourth-order valence-corrected chi connectivity index (χ4v) is 5.61. The fourth-order valence-electron chi connectivity index (χ4n) is 5.61. The highest BCUT2D eigenvalue weighted by Gasteiger charge is 2.20. The first-order valence-corrected chi connectivity index (χ1v) is 16.0. The Morgan fingerprint density at radius 2 is 1.79 bits per heavy atom. The summed E-state index contributed by atoms with van der Waals surface area (Å²) in [6.45, 7) is 19.9. The van der Waals surface area contributed by atoms with Gasteiger partial charge in [0.25, 0.3) is 0 Å². The van der Waals surface area contributed by atoms with Gasteiger partial charge < -0.3 is 9.64 Å². The van der Waals surface area contributed by atoms with Crippen molar-refractivity contribution in [1.82, 2.24) is 19.9 Å². The Kier molecular flexibility index (Phi) is 13.6. The normalized spacial score (nSPS) is 14.5. The first-order valence-electron chi connectivity index (χ1n) is 16.0. The van der Waals surface area contributed by atoms with Gasteiger partial charge in [0.05, 0.1) is 24.9 Å². The van der Waals surface area contributed by atoms with Gasteiger partial charge in [-0.05, 0) is 92.9 Å². The number of benzene rings is 1. The van der Waals surface area contributed by atoms with Crippen LogP contribution in [-0.2, 0) is 0 Å². The molecule has 0 aliphatic rings. The topological polar surface area (TPSA) is 63.5 Å². The predicted octanol–water partition coefficient (Wildman–Crippen LogP) is 8.69. The van der Waals surface area contributed by atoms with E-state index in [0.717, 1.165) is 78.7 Å². The van der Waals surface area contributed by atoms with Crippen LogP contribution in [0.5, 0.6) is 5.88 Å². The molecular formula is C36H53N5O. The maximum atomic E-state index is 5.25. The number of fused-ring (bicyclic) bond motifs is 1. The molecule has 0 saturated heterocycles. The lowest BCUT2D eigenvalue weighted by Crippen LogP contribution is -2.25. The molecule has 0 radical (unpaired) electrons. The second-order valence-electron chi connectivity index (χ2n) is 11.7. The number of hydrogen-bond acceptors (Lipinski definition) is 6. The summed E-state index contributed by atoms with van der Waals surface area (Å²) in [6.07, 6.45) is 14.0. The van der Waals surface area contributed by atoms with Gasteiger partial charge in [-0.3, -0.25) is 4.99 Å². The Labute approximate surface area is 254 Å². The van der Waals surface area contributed by atoms with E-state index in [1.54, 1.807) is 13.4 Å². The number of nitrogens with zero attached hydrogens (tertiary/aromatic N) is 5. The SMILES string of the molecule is CCCC(C)/C=C\C(CCCC(C)C(C)c1ncnc2c(C)cc(-c3ccc(OC)nc3)cc12)=NCCN(CC)CC. The van der Waals surface area contributed by atoms with Crippen LogP contribution in [0.25, 0.3) is 22.0 Å². The molecule has 3 atom stereocenters. The molecule has 2 heterocycles. The van der Waals surface area contributed by atoms with Crippen molar-refractivity contribution in [2.24, 2.45) is 16.8 Å². The average Bonchev–Trinajstić information content (AvgIpc) is 3.01. The second-order valence-corrected chi connectivity index (χ2v) is 11.7. The van der Waals surface area contributed by atoms with E-state index in [-0.39, 0.29) is 0 Å². The monoisotopic (exact) mass is 571 g/mol. The number of rotatable bonds is 17. The number of pyridine rings is 1. The Bertz CT molecular complexity index is 1300. The highest BCUT2D eigenvalue weighted by atomic mass is 16.5. The fraction of sp³-hybridized carbons (Fsp3) is 0.556. The first-order chi connectivity index (χ1) is 20.3. The van der Waals surface area contributed by atoms with Gasteiger partial charge in [-0.15, -0.1) is 0 Å². The lowest BCUT2D eigenvalue weighted by atomic mass is 9.86. The van der Waals surface area contributed by atoms with Crippen LogP contribution in [0.1, 0.15) is 90.8 Å². The average molecular weight is 572 g/mol. The van der Waals surface area contributed by atoms with Crippen molar-refractivity contribution >= 4 is 16.6 Å². The summed E-state index contributed by atoms with van der Waals surface area (Å²) in [7, 11) is 1.64. The molecule has 0 amide bonds. The van der Waals surface area contributed by atoms with Crippen LogP contribution in [-0.4, -0.2) is 58.9 Å². The van der Waals surface area contributed by atoms with E-state index >= 15 is 0 Å². The number of methoxy groups -OCH3 is 1. The smallest absolute Gasteiger partial charge is 0.212 e. The van der Waals surface area contributed by atoms with Gasteiger partial charge in [0.15, 0.2) is 0 Å². The Morgan fingerprint density at radius 1 is 1.00 bits per heavy atom. The molecule has 0 spiro atoms. The third-order valence-electron chi connectivity index (χ3n) is 8.60. The van der Waals surface area contributed by atoms with Gasteiger partial charge in [-0.25, -0.2) is 15.0 Å². The maximum Gasteiger partial charge on any atom is 0.212 e. The van der Waals surface area contributed by atoms with E-state index in [2.05, 4.69) is 93.7 Å². The van der Waals surface area contributed by atoms with Gasteiger partial charge in [-0.2, -0.15) is 0 Å². The van der Waals surface area contributed by atoms with E-state index in [1.807, 2.05) is 12.3 Å². The minimum absolute atomic E-state index is 0.308. The molecule has 42 heavy (non-hydrogen) atoms. The molecule has 0 aliphatic heterocycles. The van der Waals surface area contributed by atoms with Gasteiger partial charge in [0, 0.05) is 41.4 Å². The van der Waals surface area contributed by atoms with Gasteiger partial charge in [0.1, 0.15) is 6.33 Å². The van der Waals surface area contributed by atoms with Crippen LogP contribution in [0.2, 0.25) is 0 Å². The summed E-state index contributed by atoms with van der Waals surface area (Å²) in [5.74, 6) is 2.00. The van der Waals surface area contributed by atoms with Crippen LogP contribution < -0.4 is 4.74 Å². The molecule has 6 heteroatoms. The van der Waals surface area contributed by atoms with E-state index in [0.29, 0.717) is 23.6 Å². The zero-order chi connectivity index (χ0) is 30.5. The molecule has 0 aliphatic carbocycles. The number of aliphatic imine (C=N–C) groups is 1. The summed E-state index contributed by atoms with van der Waals surface area (Å²) in [5.41, 5.74) is 6.73. The number of aryl methyl sites for hydroxylation is 1. The number of ether oxygens (including phenoxy) is 1. The van der Waals surface area contributed by atoms with Crippen molar-refractivity contribution in [3.05, 3.63) is 60.2 Å². The molecule has 2 aromatic heterocycles. The van der Waals surface area contributed by atoms with Crippen molar-refractivity contribution in [3.63, 3.8) is 0 Å². The molecule has 3 aromatic rings. The van der Waals surface area contributed by atoms with Gasteiger partial charge in [-0.1, -0.05) is 54.0 Å². The molecule has 3 rings (SSSR count). The van der Waals surface area contributed by atoms with Crippen LogP contribution in [0.3, 0.4) is 0 Å². The van der Waals surface area contributed by atoms with Crippen LogP contribution in [0, 0.1) is 18.8 Å². The van der Waals surface area contributed by atoms with Crippen molar-refractivity contribution in [2.75, 3.05) is 33.3 Å². The lowest BCUT2D eigenvalue weighted by molar-refractivity contribution is 0.313. The minimum Gasteiger partial charge on any atom is -0.481 e. The van der Waals surface area contributed by atoms with Crippen LogP contribution in [0.15, 0.2) is 53.9 Å². The van der Waals surface area contributed by atoms with E-state index < -0.39 is 0 Å². The zero-order valence-corrected chi connectivity index (χ0v) is 27.4. The van der Waals surface area contributed by atoms with Gasteiger partial charge >= 0.3 is 0 Å². The number of aromatic nitrogens is 3. The van der Waals surface area contributed by atoms with Crippen LogP contribution >= 0.6 is 0 Å². The van der Waals surface area contributed by atoms with Crippen molar-refractivity contribution in [3.8, 4) is 17.0 Å². The van der Waals surface area contributed by atoms with Crippen molar-refractivity contribution in [1.29, 1.82) is 0 Å². The van der Waals surface area contributed by atoms with E-state index in [9.17, 15) is 0 Å². The third kappa shape index (κ3) is 9.45. The minimum atomic E-state index is 0.308. The highest BCUT2D eigenvalue weighted by Crippen LogP contribution is 2.34. The Balaban J connectivity index is 1.74. The lowest BCUT2D eigenvalue weighted by Gasteiger charge is -2.21. The summed E-state index contributed by atoms with van der Waals surface area (Å²) in [5, 5.41) is 1.13. The summed E-state index contributed by atoms with van der Waals surface area (Å²) in [6, 6.07) is 8.38. The molecule has 228 valence electrons. The number of allylic oxidation sites excluding steroid dienone is 2. The quantitative estimate of drug-likeness (QED) is 0.152. The summed E-state index contributed by atoms with van der Waals surface area (Å²) >= 11 is 0. The van der Waals surface area contributed by atoms with Crippen molar-refractivity contribution < 1.29 is 4.74 Å². The Morgan fingerprint density at radius 3 is 2.45 bits per heavy atom. The van der Waals surface area contributed by atoms with E-state index in [4.69, 9.17) is 14.7 Å². The number of likely N-dealkylation sites (N-methyl/N-ethyl adjacent to an activating group) is 1. The standard InChI is InChI=1S/C36H53N5O/c1-9-13-26(4)16-18-32(37-20-21-41(10-2)11-3)15-12-14-27(5)29(7)36-33-23-31(22-28(6)35(33)39-25-40-36)30-17-19-34(42-8)38-24-30/h16-19,22-27,29H,9-15,20-21H2,1-8H3/b18-16-,37-32?. The molecule has 1 aromatic carbocycles. The highest BCUT2D eigenvalue weighted by molar-refractivity contribution is 5.95. The summed E-state index contributed by atoms with van der Waals surface area (Å²) in [4.78, 5) is 21.4. The molecule has 3 unspecified atom stereocenters. The number of hydrogen-bond donors (Lipinski definition) is 0. The molecule has 6 nitrogen and oxygen atoms in total.